The Kier molecular flexibility index (Phi) is 4.41. The first-order valence-electron chi connectivity index (χ1n) is 8.04. The van der Waals surface area contributed by atoms with Crippen molar-refractivity contribution in [2.75, 3.05) is 0 Å². The average Bonchev–Trinajstić information content (AvgIpc) is 2.49. The maximum Gasteiger partial charge on any atom is 0.261 e. The number of carbonyl (C=O) groups is 1. The number of unbranched alkanes of at least 4 members (excludes halogenated alkanes) is 1. The van der Waals surface area contributed by atoms with Gasteiger partial charge in [0.05, 0.1) is 0 Å². The van der Waals surface area contributed by atoms with E-state index in [1.165, 1.54) is 0 Å². The van der Waals surface area contributed by atoms with Gasteiger partial charge >= 0.3 is 0 Å². The third-order valence-corrected chi connectivity index (χ3v) is 5.28. The zero-order valence-electron chi connectivity index (χ0n) is 14.2. The number of fused-ring (bicyclic) bond motifs is 1. The van der Waals surface area contributed by atoms with Crippen molar-refractivity contribution in [3.8, 4) is 11.5 Å². The molecule has 2 rings (SSSR count). The number of phenolic OH excluding ortho intramolecular Hbond substituents is 1. The molecule has 22 heavy (non-hydrogen) atoms. The van der Waals surface area contributed by atoms with E-state index in [9.17, 15) is 9.90 Å². The van der Waals surface area contributed by atoms with Crippen molar-refractivity contribution in [1.29, 1.82) is 0 Å². The Balaban J connectivity index is 2.56. The Morgan fingerprint density at radius 1 is 1.32 bits per heavy atom. The quantitative estimate of drug-likeness (QED) is 0.896. The summed E-state index contributed by atoms with van der Waals surface area (Å²) in [6.07, 6.45) is 3.70. The molecule has 2 unspecified atom stereocenters. The highest BCUT2D eigenvalue weighted by Crippen LogP contribution is 2.46. The summed E-state index contributed by atoms with van der Waals surface area (Å²) in [6, 6.07) is 0. The highest BCUT2D eigenvalue weighted by molar-refractivity contribution is 5.84. The molecule has 0 saturated carbocycles. The van der Waals surface area contributed by atoms with Crippen molar-refractivity contribution >= 4 is 5.91 Å². The summed E-state index contributed by atoms with van der Waals surface area (Å²) in [6.45, 7) is 9.63. The molecule has 0 aliphatic carbocycles. The molecule has 0 fully saturated rings. The fraction of sp³-hybridized carbons (Fsp3) is 0.611. The fourth-order valence-electron chi connectivity index (χ4n) is 3.37. The maximum absolute atomic E-state index is 12.1. The van der Waals surface area contributed by atoms with Crippen LogP contribution in [0.4, 0.5) is 0 Å². The van der Waals surface area contributed by atoms with Crippen LogP contribution in [0.5, 0.6) is 11.5 Å². The summed E-state index contributed by atoms with van der Waals surface area (Å²) in [5, 5.41) is 10.3. The van der Waals surface area contributed by atoms with E-state index in [-0.39, 0.29) is 5.92 Å². The van der Waals surface area contributed by atoms with Crippen LogP contribution >= 0.6 is 0 Å². The number of nitrogens with two attached hydrogens (primary N) is 1. The second-order valence-corrected chi connectivity index (χ2v) is 6.65. The predicted molar refractivity (Wildman–Crippen MR) is 87.3 cm³/mol. The number of primary amides is 1. The monoisotopic (exact) mass is 305 g/mol. The number of phenols is 1. The smallest absolute Gasteiger partial charge is 0.261 e. The van der Waals surface area contributed by atoms with Crippen molar-refractivity contribution in [1.82, 2.24) is 0 Å². The van der Waals surface area contributed by atoms with Crippen LogP contribution < -0.4 is 10.5 Å². The van der Waals surface area contributed by atoms with E-state index in [4.69, 9.17) is 10.5 Å². The number of carbonyl (C=O) groups excluding carboxylic acids is 1. The van der Waals surface area contributed by atoms with Crippen molar-refractivity contribution in [2.24, 2.45) is 11.7 Å². The lowest BCUT2D eigenvalue weighted by Crippen LogP contribution is -2.55. The third kappa shape index (κ3) is 2.44. The maximum atomic E-state index is 12.1. The van der Waals surface area contributed by atoms with Gasteiger partial charge in [-0.2, -0.15) is 0 Å². The molecule has 122 valence electrons. The molecule has 4 heteroatoms. The lowest BCUT2D eigenvalue weighted by atomic mass is 9.76. The molecule has 0 bridgehead atoms. The van der Waals surface area contributed by atoms with Crippen LogP contribution in [0.3, 0.4) is 0 Å². The molecule has 4 nitrogen and oxygen atoms in total. The summed E-state index contributed by atoms with van der Waals surface area (Å²) in [5.74, 6) is 0.679. The minimum Gasteiger partial charge on any atom is -0.507 e. The molecule has 1 aliphatic heterocycles. The van der Waals surface area contributed by atoms with Crippen molar-refractivity contribution < 1.29 is 14.6 Å². The van der Waals surface area contributed by atoms with E-state index in [1.54, 1.807) is 6.92 Å². The fourth-order valence-corrected chi connectivity index (χ4v) is 3.37. The highest BCUT2D eigenvalue weighted by atomic mass is 16.5. The molecular formula is C18H27NO3. The molecule has 1 aromatic carbocycles. The second kappa shape index (κ2) is 5.82. The van der Waals surface area contributed by atoms with Gasteiger partial charge in [-0.1, -0.05) is 19.8 Å². The molecule has 1 aromatic rings. The van der Waals surface area contributed by atoms with Crippen LogP contribution in [0.2, 0.25) is 0 Å². The SMILES string of the molecule is CCCCC1Cc2c(C)c(O)c(C)c(C)c2OC1(C)C(N)=O. The zero-order chi connectivity index (χ0) is 16.7. The molecule has 1 aliphatic rings. The lowest BCUT2D eigenvalue weighted by Gasteiger charge is -2.42. The van der Waals surface area contributed by atoms with Crippen molar-refractivity contribution in [3.63, 3.8) is 0 Å². The lowest BCUT2D eigenvalue weighted by molar-refractivity contribution is -0.138. The van der Waals surface area contributed by atoms with Gasteiger partial charge < -0.3 is 15.6 Å². The van der Waals surface area contributed by atoms with Crippen LogP contribution in [0.15, 0.2) is 0 Å². The minimum atomic E-state index is -0.983. The Morgan fingerprint density at radius 3 is 2.50 bits per heavy atom. The summed E-state index contributed by atoms with van der Waals surface area (Å²) in [5.41, 5.74) is 8.24. The molecule has 0 radical (unpaired) electrons. The van der Waals surface area contributed by atoms with Gasteiger partial charge in [-0.25, -0.2) is 0 Å². The Morgan fingerprint density at radius 2 is 1.95 bits per heavy atom. The first-order chi connectivity index (χ1) is 10.2. The predicted octanol–water partition coefficient (Wildman–Crippen LogP) is 3.30. The van der Waals surface area contributed by atoms with E-state index in [1.807, 2.05) is 20.8 Å². The van der Waals surface area contributed by atoms with Crippen LogP contribution in [0.25, 0.3) is 0 Å². The molecule has 2 atom stereocenters. The Hall–Kier alpha value is -1.71. The van der Waals surface area contributed by atoms with E-state index in [0.29, 0.717) is 5.75 Å². The average molecular weight is 305 g/mol. The number of aromatic hydroxyl groups is 1. The number of hydrogen-bond donors (Lipinski definition) is 2. The zero-order valence-corrected chi connectivity index (χ0v) is 14.2. The number of rotatable bonds is 4. The van der Waals surface area contributed by atoms with Gasteiger partial charge in [0, 0.05) is 11.5 Å². The van der Waals surface area contributed by atoms with Gasteiger partial charge in [0.1, 0.15) is 11.5 Å². The number of amides is 1. The number of hydrogen-bond acceptors (Lipinski definition) is 3. The third-order valence-electron chi connectivity index (χ3n) is 5.28. The van der Waals surface area contributed by atoms with Gasteiger partial charge in [0.25, 0.3) is 5.91 Å². The van der Waals surface area contributed by atoms with Gasteiger partial charge in [-0.05, 0) is 57.2 Å². The summed E-state index contributed by atoms with van der Waals surface area (Å²) in [4.78, 5) is 12.1. The summed E-state index contributed by atoms with van der Waals surface area (Å²) >= 11 is 0. The highest BCUT2D eigenvalue weighted by Gasteiger charge is 2.46. The first kappa shape index (κ1) is 16.7. The largest absolute Gasteiger partial charge is 0.507 e. The van der Waals surface area contributed by atoms with Gasteiger partial charge in [-0.15, -0.1) is 0 Å². The van der Waals surface area contributed by atoms with Crippen molar-refractivity contribution in [3.05, 3.63) is 22.3 Å². The van der Waals surface area contributed by atoms with Gasteiger partial charge in [-0.3, -0.25) is 4.79 Å². The molecule has 0 spiro atoms. The van der Waals surface area contributed by atoms with Gasteiger partial charge in [0.15, 0.2) is 5.60 Å². The summed E-state index contributed by atoms with van der Waals surface area (Å²) in [7, 11) is 0. The van der Waals surface area contributed by atoms with Crippen LogP contribution in [0.1, 0.15) is 55.4 Å². The van der Waals surface area contributed by atoms with Crippen molar-refractivity contribution in [2.45, 2.75) is 65.9 Å². The van der Waals surface area contributed by atoms with E-state index < -0.39 is 11.5 Å². The number of ether oxygens (including phenoxy) is 1. The Labute approximate surface area is 132 Å². The Bertz CT molecular complexity index is 609. The minimum absolute atomic E-state index is 0.0395. The molecule has 0 aromatic heterocycles. The standard InChI is InChI=1S/C18H27NO3/c1-6-7-8-13-9-14-12(4)15(20)10(2)11(3)16(14)22-18(13,5)17(19)21/h13,20H,6-9H2,1-5H3,(H2,19,21). The summed E-state index contributed by atoms with van der Waals surface area (Å²) < 4.78 is 6.15. The van der Waals surface area contributed by atoms with Crippen LogP contribution in [-0.2, 0) is 11.2 Å². The normalized spacial score (nSPS) is 23.8. The van der Waals surface area contributed by atoms with E-state index >= 15 is 0 Å². The molecule has 3 N–H and O–H groups in total. The molecular weight excluding hydrogens is 278 g/mol. The second-order valence-electron chi connectivity index (χ2n) is 6.65. The van der Waals surface area contributed by atoms with E-state index in [2.05, 4.69) is 6.92 Å². The van der Waals surface area contributed by atoms with Gasteiger partial charge in [0.2, 0.25) is 0 Å². The molecule has 1 amide bonds. The van der Waals surface area contributed by atoms with Crippen LogP contribution in [-0.4, -0.2) is 16.6 Å². The molecule has 1 heterocycles. The topological polar surface area (TPSA) is 72.6 Å². The van der Waals surface area contributed by atoms with E-state index in [0.717, 1.165) is 53.7 Å². The molecule has 0 saturated heterocycles. The first-order valence-corrected chi connectivity index (χ1v) is 8.04. The number of benzene rings is 1. The van der Waals surface area contributed by atoms with Crippen LogP contribution in [0, 0.1) is 26.7 Å².